The van der Waals surface area contributed by atoms with Crippen molar-refractivity contribution < 1.29 is 4.79 Å². The Morgan fingerprint density at radius 2 is 2.17 bits per heavy atom. The van der Waals surface area contributed by atoms with Crippen LogP contribution in [-0.2, 0) is 11.3 Å². The standard InChI is InChI=1S/C19H25N3OS/c1-3-20-18(23)19(2)10-7-11-22(14-19)12-16-13-24-17(21-16)15-8-5-4-6-9-15/h4-6,8-9,13H,3,7,10-12,14H2,1-2H3,(H,20,23). The maximum Gasteiger partial charge on any atom is 0.227 e. The molecule has 0 aliphatic carbocycles. The number of amides is 1. The second kappa shape index (κ2) is 7.45. The number of likely N-dealkylation sites (tertiary alicyclic amines) is 1. The summed E-state index contributed by atoms with van der Waals surface area (Å²) in [6, 6.07) is 10.3. The molecular formula is C19H25N3OS. The maximum atomic E-state index is 12.4. The van der Waals surface area contributed by atoms with Gasteiger partial charge >= 0.3 is 0 Å². The summed E-state index contributed by atoms with van der Waals surface area (Å²) >= 11 is 1.69. The molecule has 0 radical (unpaired) electrons. The molecule has 2 heterocycles. The number of hydrogen-bond acceptors (Lipinski definition) is 4. The highest BCUT2D eigenvalue weighted by Gasteiger charge is 2.37. The Labute approximate surface area is 147 Å². The highest BCUT2D eigenvalue weighted by atomic mass is 32.1. The second-order valence-corrected chi connectivity index (χ2v) is 7.60. The first-order valence-electron chi connectivity index (χ1n) is 8.61. The van der Waals surface area contributed by atoms with Crippen molar-refractivity contribution in [2.45, 2.75) is 33.2 Å². The van der Waals surface area contributed by atoms with Gasteiger partial charge in [0.25, 0.3) is 0 Å². The van der Waals surface area contributed by atoms with Crippen LogP contribution in [0.25, 0.3) is 10.6 Å². The number of hydrogen-bond donors (Lipinski definition) is 1. The van der Waals surface area contributed by atoms with E-state index in [1.165, 1.54) is 5.56 Å². The second-order valence-electron chi connectivity index (χ2n) is 6.74. The first-order valence-corrected chi connectivity index (χ1v) is 9.49. The Kier molecular flexibility index (Phi) is 5.31. The summed E-state index contributed by atoms with van der Waals surface area (Å²) in [7, 11) is 0. The molecule has 3 rings (SSSR count). The van der Waals surface area contributed by atoms with Gasteiger partial charge in [-0.15, -0.1) is 11.3 Å². The molecule has 1 aliphatic rings. The van der Waals surface area contributed by atoms with Gasteiger partial charge in [-0.05, 0) is 33.2 Å². The Morgan fingerprint density at radius 1 is 1.38 bits per heavy atom. The molecule has 0 saturated carbocycles. The third-order valence-corrected chi connectivity index (χ3v) is 5.56. The van der Waals surface area contributed by atoms with Gasteiger partial charge < -0.3 is 5.32 Å². The summed E-state index contributed by atoms with van der Waals surface area (Å²) in [5.41, 5.74) is 1.98. The van der Waals surface area contributed by atoms with Crippen molar-refractivity contribution >= 4 is 17.2 Å². The van der Waals surface area contributed by atoms with Gasteiger partial charge in [-0.3, -0.25) is 9.69 Å². The number of rotatable bonds is 5. The normalized spacial score (nSPS) is 21.6. The van der Waals surface area contributed by atoms with Gasteiger partial charge in [0.2, 0.25) is 5.91 Å². The number of piperidine rings is 1. The number of carbonyl (C=O) groups excluding carboxylic acids is 1. The smallest absolute Gasteiger partial charge is 0.227 e. The first-order chi connectivity index (χ1) is 11.6. The van der Waals surface area contributed by atoms with E-state index in [1.807, 2.05) is 25.1 Å². The first kappa shape index (κ1) is 17.1. The van der Waals surface area contributed by atoms with Crippen molar-refractivity contribution in [3.63, 3.8) is 0 Å². The summed E-state index contributed by atoms with van der Waals surface area (Å²) < 4.78 is 0. The summed E-state index contributed by atoms with van der Waals surface area (Å²) in [4.78, 5) is 19.5. The molecule has 1 amide bonds. The fourth-order valence-corrected chi connectivity index (χ4v) is 4.18. The molecule has 1 aromatic carbocycles. The third kappa shape index (κ3) is 3.84. The van der Waals surface area contributed by atoms with Gasteiger partial charge in [-0.25, -0.2) is 4.98 Å². The maximum absolute atomic E-state index is 12.4. The Balaban J connectivity index is 1.66. The van der Waals surface area contributed by atoms with Crippen LogP contribution in [0.15, 0.2) is 35.7 Å². The van der Waals surface area contributed by atoms with Crippen LogP contribution >= 0.6 is 11.3 Å². The van der Waals surface area contributed by atoms with Gasteiger partial charge in [0, 0.05) is 30.6 Å². The van der Waals surface area contributed by atoms with Crippen LogP contribution in [0.1, 0.15) is 32.4 Å². The van der Waals surface area contributed by atoms with Crippen LogP contribution in [0.5, 0.6) is 0 Å². The Hall–Kier alpha value is -1.72. The zero-order valence-electron chi connectivity index (χ0n) is 14.4. The minimum absolute atomic E-state index is 0.179. The minimum atomic E-state index is -0.285. The van der Waals surface area contributed by atoms with Crippen LogP contribution in [0, 0.1) is 5.41 Å². The Morgan fingerprint density at radius 3 is 2.92 bits per heavy atom. The van der Waals surface area contributed by atoms with E-state index in [1.54, 1.807) is 11.3 Å². The summed E-state index contributed by atoms with van der Waals surface area (Å²) in [5.74, 6) is 0.179. The van der Waals surface area contributed by atoms with Gasteiger partial charge in [0.1, 0.15) is 5.01 Å². The number of nitrogens with zero attached hydrogens (tertiary/aromatic N) is 2. The lowest BCUT2D eigenvalue weighted by Gasteiger charge is -2.39. The van der Waals surface area contributed by atoms with Crippen LogP contribution < -0.4 is 5.32 Å². The zero-order valence-corrected chi connectivity index (χ0v) is 15.2. The molecule has 1 aromatic heterocycles. The van der Waals surface area contributed by atoms with E-state index in [0.29, 0.717) is 6.54 Å². The van der Waals surface area contributed by atoms with Crippen molar-refractivity contribution in [1.29, 1.82) is 0 Å². The molecule has 0 bridgehead atoms. The number of thiazole rings is 1. The zero-order chi connectivity index (χ0) is 17.0. The number of benzene rings is 1. The lowest BCUT2D eigenvalue weighted by molar-refractivity contribution is -0.133. The average Bonchev–Trinajstić information content (AvgIpc) is 3.04. The molecule has 1 saturated heterocycles. The molecule has 24 heavy (non-hydrogen) atoms. The topological polar surface area (TPSA) is 45.2 Å². The lowest BCUT2D eigenvalue weighted by Crippen LogP contribution is -2.50. The predicted octanol–water partition coefficient (Wildman–Crippen LogP) is 3.55. The van der Waals surface area contributed by atoms with Crippen molar-refractivity contribution in [2.75, 3.05) is 19.6 Å². The molecular weight excluding hydrogens is 318 g/mol. The van der Waals surface area contributed by atoms with E-state index >= 15 is 0 Å². The third-order valence-electron chi connectivity index (χ3n) is 4.62. The molecule has 5 heteroatoms. The van der Waals surface area contributed by atoms with E-state index in [-0.39, 0.29) is 11.3 Å². The largest absolute Gasteiger partial charge is 0.356 e. The van der Waals surface area contributed by atoms with Gasteiger partial charge in [0.05, 0.1) is 11.1 Å². The number of aromatic nitrogens is 1. The van der Waals surface area contributed by atoms with E-state index in [9.17, 15) is 4.79 Å². The average molecular weight is 343 g/mol. The van der Waals surface area contributed by atoms with Crippen molar-refractivity contribution in [3.05, 3.63) is 41.4 Å². The monoisotopic (exact) mass is 343 g/mol. The highest BCUT2D eigenvalue weighted by molar-refractivity contribution is 7.13. The van der Waals surface area contributed by atoms with Gasteiger partial charge in [0.15, 0.2) is 0 Å². The number of carbonyl (C=O) groups is 1. The molecule has 1 aliphatic heterocycles. The fourth-order valence-electron chi connectivity index (χ4n) is 3.36. The predicted molar refractivity (Wildman–Crippen MR) is 98.9 cm³/mol. The molecule has 1 fully saturated rings. The highest BCUT2D eigenvalue weighted by Crippen LogP contribution is 2.31. The molecule has 0 spiro atoms. The van der Waals surface area contributed by atoms with Crippen LogP contribution in [0.2, 0.25) is 0 Å². The van der Waals surface area contributed by atoms with Crippen LogP contribution in [-0.4, -0.2) is 35.4 Å². The fraction of sp³-hybridized carbons (Fsp3) is 0.474. The van der Waals surface area contributed by atoms with E-state index < -0.39 is 0 Å². The molecule has 4 nitrogen and oxygen atoms in total. The number of nitrogens with one attached hydrogen (secondary N) is 1. The summed E-state index contributed by atoms with van der Waals surface area (Å²) in [6.07, 6.45) is 2.02. The van der Waals surface area contributed by atoms with Crippen molar-refractivity contribution in [1.82, 2.24) is 15.2 Å². The molecule has 1 atom stereocenters. The van der Waals surface area contributed by atoms with Crippen LogP contribution in [0.4, 0.5) is 0 Å². The molecule has 2 aromatic rings. The van der Waals surface area contributed by atoms with Crippen molar-refractivity contribution in [3.8, 4) is 10.6 Å². The van der Waals surface area contributed by atoms with Gasteiger partial charge in [-0.2, -0.15) is 0 Å². The van der Waals surface area contributed by atoms with Crippen molar-refractivity contribution in [2.24, 2.45) is 5.41 Å². The quantitative estimate of drug-likeness (QED) is 0.903. The van der Waals surface area contributed by atoms with E-state index in [2.05, 4.69) is 34.7 Å². The lowest BCUT2D eigenvalue weighted by atomic mass is 9.81. The van der Waals surface area contributed by atoms with Gasteiger partial charge in [-0.1, -0.05) is 30.3 Å². The molecule has 1 unspecified atom stereocenters. The Bertz CT molecular complexity index is 685. The van der Waals surface area contributed by atoms with Crippen LogP contribution in [0.3, 0.4) is 0 Å². The summed E-state index contributed by atoms with van der Waals surface area (Å²) in [5, 5.41) is 6.19. The SMILES string of the molecule is CCNC(=O)C1(C)CCCN(Cc2csc(-c3ccccc3)n2)C1. The minimum Gasteiger partial charge on any atom is -0.356 e. The summed E-state index contributed by atoms with van der Waals surface area (Å²) in [6.45, 7) is 7.41. The van der Waals surface area contributed by atoms with E-state index in [0.717, 1.165) is 43.2 Å². The molecule has 1 N–H and O–H groups in total. The molecule has 128 valence electrons. The van der Waals surface area contributed by atoms with E-state index in [4.69, 9.17) is 4.98 Å².